The van der Waals surface area contributed by atoms with Crippen LogP contribution in [0, 0.1) is 0 Å². The summed E-state index contributed by atoms with van der Waals surface area (Å²) in [6.07, 6.45) is 5.74. The molecule has 3 nitrogen and oxygen atoms in total. The van der Waals surface area contributed by atoms with Gasteiger partial charge in [-0.05, 0) is 42.3 Å². The monoisotopic (exact) mass is 240 g/mol. The number of hydrogen-bond acceptors (Lipinski definition) is 3. The van der Waals surface area contributed by atoms with Gasteiger partial charge in [0, 0.05) is 6.20 Å². The predicted molar refractivity (Wildman–Crippen MR) is 75.2 cm³/mol. The number of anilines is 1. The van der Waals surface area contributed by atoms with Gasteiger partial charge in [0.15, 0.2) is 0 Å². The van der Waals surface area contributed by atoms with E-state index in [2.05, 4.69) is 4.98 Å². The van der Waals surface area contributed by atoms with E-state index in [-0.39, 0.29) is 0 Å². The molecule has 2 N–H and O–H groups in total. The summed E-state index contributed by atoms with van der Waals surface area (Å²) in [5.74, 6) is 1.42. The van der Waals surface area contributed by atoms with Crippen LogP contribution in [0.1, 0.15) is 18.1 Å². The van der Waals surface area contributed by atoms with E-state index in [1.807, 2.05) is 55.5 Å². The van der Waals surface area contributed by atoms with Gasteiger partial charge < -0.3 is 10.5 Å². The summed E-state index contributed by atoms with van der Waals surface area (Å²) >= 11 is 0. The van der Waals surface area contributed by atoms with Gasteiger partial charge >= 0.3 is 0 Å². The Bertz CT molecular complexity index is 532. The second-order valence-corrected chi connectivity index (χ2v) is 3.85. The first-order chi connectivity index (χ1) is 8.78. The lowest BCUT2D eigenvalue weighted by atomic mass is 10.1. The molecule has 3 heteroatoms. The maximum Gasteiger partial charge on any atom is 0.123 e. The molecule has 1 aromatic carbocycles. The number of nitrogens with two attached hydrogens (primary N) is 1. The second kappa shape index (κ2) is 5.87. The fourth-order valence-corrected chi connectivity index (χ4v) is 1.60. The van der Waals surface area contributed by atoms with E-state index in [4.69, 9.17) is 10.5 Å². The molecule has 0 aliphatic heterocycles. The topological polar surface area (TPSA) is 48.1 Å². The largest absolute Gasteiger partial charge is 0.494 e. The summed E-state index contributed by atoms with van der Waals surface area (Å²) in [6.45, 7) is 2.66. The van der Waals surface area contributed by atoms with E-state index < -0.39 is 0 Å². The Balaban J connectivity index is 2.09. The normalized spacial score (nSPS) is 10.7. The summed E-state index contributed by atoms with van der Waals surface area (Å²) in [6, 6.07) is 11.7. The number of benzene rings is 1. The van der Waals surface area contributed by atoms with Crippen LogP contribution >= 0.6 is 0 Å². The molecule has 0 spiro atoms. The Labute approximate surface area is 107 Å². The zero-order chi connectivity index (χ0) is 12.8. The first kappa shape index (κ1) is 12.2. The highest BCUT2D eigenvalue weighted by Gasteiger charge is 1.92. The van der Waals surface area contributed by atoms with Gasteiger partial charge in [-0.25, -0.2) is 4.98 Å². The molecular weight excluding hydrogens is 224 g/mol. The fraction of sp³-hybridized carbons (Fsp3) is 0.133. The predicted octanol–water partition coefficient (Wildman–Crippen LogP) is 3.23. The first-order valence-corrected chi connectivity index (χ1v) is 5.90. The molecule has 0 bridgehead atoms. The Hall–Kier alpha value is -2.29. The first-order valence-electron chi connectivity index (χ1n) is 5.90. The van der Waals surface area contributed by atoms with Crippen molar-refractivity contribution in [1.82, 2.24) is 4.98 Å². The van der Waals surface area contributed by atoms with Gasteiger partial charge in [-0.3, -0.25) is 0 Å². The Morgan fingerprint density at radius 3 is 2.50 bits per heavy atom. The fourth-order valence-electron chi connectivity index (χ4n) is 1.60. The maximum atomic E-state index is 5.62. The molecule has 2 aromatic rings. The number of pyridine rings is 1. The number of ether oxygens (including phenoxy) is 1. The quantitative estimate of drug-likeness (QED) is 0.892. The summed E-state index contributed by atoms with van der Waals surface area (Å²) in [7, 11) is 0. The highest BCUT2D eigenvalue weighted by molar-refractivity contribution is 5.70. The minimum Gasteiger partial charge on any atom is -0.494 e. The van der Waals surface area contributed by atoms with E-state index in [1.54, 1.807) is 6.20 Å². The van der Waals surface area contributed by atoms with Gasteiger partial charge in [-0.1, -0.05) is 24.3 Å². The van der Waals surface area contributed by atoms with Crippen LogP contribution in [0.5, 0.6) is 5.75 Å². The summed E-state index contributed by atoms with van der Waals surface area (Å²) in [4.78, 5) is 3.95. The van der Waals surface area contributed by atoms with Crippen molar-refractivity contribution in [2.75, 3.05) is 12.3 Å². The minimum absolute atomic E-state index is 0.531. The molecular formula is C15H16N2O. The lowest BCUT2D eigenvalue weighted by molar-refractivity contribution is 0.340. The van der Waals surface area contributed by atoms with Crippen LogP contribution in [0.4, 0.5) is 5.82 Å². The number of nitrogen functional groups attached to an aromatic ring is 1. The van der Waals surface area contributed by atoms with Crippen LogP contribution in [0.2, 0.25) is 0 Å². The Morgan fingerprint density at radius 1 is 1.11 bits per heavy atom. The molecule has 2 rings (SSSR count). The Morgan fingerprint density at radius 2 is 1.83 bits per heavy atom. The average molecular weight is 240 g/mol. The molecule has 1 aromatic heterocycles. The number of aromatic nitrogens is 1. The highest BCUT2D eigenvalue weighted by atomic mass is 16.5. The standard InChI is InChI=1S/C15H16N2O/c1-2-18-14-7-5-12(6-8-14)3-4-13-9-10-17-15(16)11-13/h3-11H,2H2,1H3,(H2,16,17)/b4-3+. The zero-order valence-electron chi connectivity index (χ0n) is 10.3. The van der Waals surface area contributed by atoms with Gasteiger partial charge in [0.05, 0.1) is 6.61 Å². The molecule has 0 aliphatic rings. The number of nitrogens with zero attached hydrogens (tertiary/aromatic N) is 1. The van der Waals surface area contributed by atoms with Crippen molar-refractivity contribution in [3.05, 3.63) is 53.7 Å². The molecule has 0 fully saturated rings. The van der Waals surface area contributed by atoms with Crippen molar-refractivity contribution in [2.24, 2.45) is 0 Å². The third kappa shape index (κ3) is 3.35. The minimum atomic E-state index is 0.531. The summed E-state index contributed by atoms with van der Waals surface area (Å²) in [5.41, 5.74) is 7.78. The van der Waals surface area contributed by atoms with Crippen molar-refractivity contribution in [1.29, 1.82) is 0 Å². The molecule has 0 saturated heterocycles. The lowest BCUT2D eigenvalue weighted by Crippen LogP contribution is -1.90. The van der Waals surface area contributed by atoms with E-state index in [0.29, 0.717) is 12.4 Å². The van der Waals surface area contributed by atoms with Crippen LogP contribution in [-0.4, -0.2) is 11.6 Å². The van der Waals surface area contributed by atoms with Crippen molar-refractivity contribution in [3.8, 4) is 5.75 Å². The molecule has 0 atom stereocenters. The van der Waals surface area contributed by atoms with E-state index in [0.717, 1.165) is 16.9 Å². The van der Waals surface area contributed by atoms with Crippen LogP contribution in [0.3, 0.4) is 0 Å². The van der Waals surface area contributed by atoms with Crippen molar-refractivity contribution >= 4 is 18.0 Å². The second-order valence-electron chi connectivity index (χ2n) is 3.85. The molecule has 0 amide bonds. The summed E-state index contributed by atoms with van der Waals surface area (Å²) < 4.78 is 5.39. The number of hydrogen-bond donors (Lipinski definition) is 1. The third-order valence-corrected chi connectivity index (χ3v) is 2.46. The Kier molecular flexibility index (Phi) is 3.97. The lowest BCUT2D eigenvalue weighted by Gasteiger charge is -2.02. The van der Waals surface area contributed by atoms with E-state index in [9.17, 15) is 0 Å². The van der Waals surface area contributed by atoms with Crippen molar-refractivity contribution < 1.29 is 4.74 Å². The van der Waals surface area contributed by atoms with Gasteiger partial charge in [-0.15, -0.1) is 0 Å². The van der Waals surface area contributed by atoms with Gasteiger partial charge in [0.1, 0.15) is 11.6 Å². The van der Waals surface area contributed by atoms with Crippen molar-refractivity contribution in [3.63, 3.8) is 0 Å². The molecule has 1 heterocycles. The molecule has 92 valence electrons. The molecule has 0 unspecified atom stereocenters. The molecule has 0 saturated carbocycles. The molecule has 0 radical (unpaired) electrons. The van der Waals surface area contributed by atoms with Crippen LogP contribution < -0.4 is 10.5 Å². The van der Waals surface area contributed by atoms with Gasteiger partial charge in [-0.2, -0.15) is 0 Å². The smallest absolute Gasteiger partial charge is 0.123 e. The van der Waals surface area contributed by atoms with Crippen LogP contribution in [-0.2, 0) is 0 Å². The van der Waals surface area contributed by atoms with Crippen LogP contribution in [0.15, 0.2) is 42.6 Å². The van der Waals surface area contributed by atoms with E-state index >= 15 is 0 Å². The van der Waals surface area contributed by atoms with Crippen molar-refractivity contribution in [2.45, 2.75) is 6.92 Å². The van der Waals surface area contributed by atoms with Gasteiger partial charge in [0.25, 0.3) is 0 Å². The highest BCUT2D eigenvalue weighted by Crippen LogP contribution is 2.14. The molecule has 0 aliphatic carbocycles. The van der Waals surface area contributed by atoms with Crippen LogP contribution in [0.25, 0.3) is 12.2 Å². The summed E-state index contributed by atoms with van der Waals surface area (Å²) in [5, 5.41) is 0. The third-order valence-electron chi connectivity index (χ3n) is 2.46. The van der Waals surface area contributed by atoms with Gasteiger partial charge in [0.2, 0.25) is 0 Å². The zero-order valence-corrected chi connectivity index (χ0v) is 10.3. The molecule has 18 heavy (non-hydrogen) atoms. The SMILES string of the molecule is CCOc1ccc(/C=C/c2ccnc(N)c2)cc1. The van der Waals surface area contributed by atoms with E-state index in [1.165, 1.54) is 0 Å². The number of rotatable bonds is 4. The average Bonchev–Trinajstić information content (AvgIpc) is 2.38. The maximum absolute atomic E-state index is 5.62.